The lowest BCUT2D eigenvalue weighted by Gasteiger charge is -2.25. The smallest absolute Gasteiger partial charge is 0.338 e. The van der Waals surface area contributed by atoms with Gasteiger partial charge in [-0.25, -0.2) is 4.79 Å². The third-order valence-corrected chi connectivity index (χ3v) is 4.70. The first-order valence-corrected chi connectivity index (χ1v) is 8.80. The lowest BCUT2D eigenvalue weighted by Crippen LogP contribution is -2.29. The molecule has 0 aliphatic heterocycles. The first kappa shape index (κ1) is 18.6. The third kappa shape index (κ3) is 3.53. The number of ether oxygens (including phenoxy) is 1. The molecule has 2 aromatic rings. The second-order valence-corrected chi connectivity index (χ2v) is 6.43. The van der Waals surface area contributed by atoms with Crippen LogP contribution in [-0.2, 0) is 4.74 Å². The van der Waals surface area contributed by atoms with Gasteiger partial charge in [-0.2, -0.15) is 0 Å². The summed E-state index contributed by atoms with van der Waals surface area (Å²) in [6, 6.07) is 13.9. The SMILES string of the molecule is CCOC(=O)c1ccc(N(C)CC2=C(C)C(=O)c3ccccc3C2=O)cc1. The summed E-state index contributed by atoms with van der Waals surface area (Å²) in [6.07, 6.45) is 0. The molecular formula is C22H21NO4. The number of rotatable bonds is 5. The Labute approximate surface area is 158 Å². The van der Waals surface area contributed by atoms with Gasteiger partial charge in [0.1, 0.15) is 0 Å². The van der Waals surface area contributed by atoms with Gasteiger partial charge < -0.3 is 9.64 Å². The normalized spacial score (nSPS) is 13.4. The zero-order valence-electron chi connectivity index (χ0n) is 15.6. The fourth-order valence-corrected chi connectivity index (χ4v) is 3.14. The molecule has 0 aromatic heterocycles. The number of carbonyl (C=O) groups excluding carboxylic acids is 3. The quantitative estimate of drug-likeness (QED) is 0.758. The maximum Gasteiger partial charge on any atom is 0.338 e. The van der Waals surface area contributed by atoms with Gasteiger partial charge >= 0.3 is 5.97 Å². The lowest BCUT2D eigenvalue weighted by molar-refractivity contribution is 0.0526. The summed E-state index contributed by atoms with van der Waals surface area (Å²) in [5, 5.41) is 0. The van der Waals surface area contributed by atoms with Crippen LogP contribution in [0.4, 0.5) is 5.69 Å². The first-order chi connectivity index (χ1) is 12.9. The van der Waals surface area contributed by atoms with Crippen molar-refractivity contribution in [1.29, 1.82) is 0 Å². The van der Waals surface area contributed by atoms with E-state index in [2.05, 4.69) is 0 Å². The molecule has 2 aromatic carbocycles. The molecule has 0 bridgehead atoms. The van der Waals surface area contributed by atoms with E-state index in [9.17, 15) is 14.4 Å². The van der Waals surface area contributed by atoms with Gasteiger partial charge in [0.25, 0.3) is 0 Å². The Morgan fingerprint density at radius 1 is 0.963 bits per heavy atom. The van der Waals surface area contributed by atoms with E-state index in [4.69, 9.17) is 4.74 Å². The topological polar surface area (TPSA) is 63.7 Å². The lowest BCUT2D eigenvalue weighted by atomic mass is 9.84. The van der Waals surface area contributed by atoms with Crippen LogP contribution in [-0.4, -0.2) is 37.7 Å². The average molecular weight is 363 g/mol. The van der Waals surface area contributed by atoms with E-state index in [0.717, 1.165) is 5.69 Å². The predicted octanol–water partition coefficient (Wildman–Crippen LogP) is 3.70. The van der Waals surface area contributed by atoms with Crippen LogP contribution in [0.2, 0.25) is 0 Å². The first-order valence-electron chi connectivity index (χ1n) is 8.80. The van der Waals surface area contributed by atoms with E-state index in [1.54, 1.807) is 62.4 Å². The number of likely N-dealkylation sites (N-methyl/N-ethyl adjacent to an activating group) is 1. The second kappa shape index (κ2) is 7.58. The number of esters is 1. The summed E-state index contributed by atoms with van der Waals surface area (Å²) in [7, 11) is 1.85. The second-order valence-electron chi connectivity index (χ2n) is 6.43. The molecule has 0 amide bonds. The molecule has 3 rings (SSSR count). The van der Waals surface area contributed by atoms with Crippen LogP contribution in [0, 0.1) is 0 Å². The number of Topliss-reactive ketones (excluding diaryl/α,β-unsaturated/α-hetero) is 2. The van der Waals surface area contributed by atoms with E-state index in [0.29, 0.717) is 41.0 Å². The van der Waals surface area contributed by atoms with Crippen molar-refractivity contribution < 1.29 is 19.1 Å². The van der Waals surface area contributed by atoms with Gasteiger partial charge in [-0.15, -0.1) is 0 Å². The van der Waals surface area contributed by atoms with Crippen LogP contribution in [0.1, 0.15) is 44.9 Å². The molecule has 5 nitrogen and oxygen atoms in total. The number of allylic oxidation sites excluding steroid dienone is 1. The van der Waals surface area contributed by atoms with Gasteiger partial charge in [-0.05, 0) is 38.1 Å². The molecule has 0 unspecified atom stereocenters. The molecule has 0 saturated carbocycles. The molecular weight excluding hydrogens is 342 g/mol. The molecule has 1 aliphatic carbocycles. The number of hydrogen-bond donors (Lipinski definition) is 0. The van der Waals surface area contributed by atoms with E-state index in [1.165, 1.54) is 0 Å². The van der Waals surface area contributed by atoms with Crippen molar-refractivity contribution in [1.82, 2.24) is 0 Å². The molecule has 138 valence electrons. The van der Waals surface area contributed by atoms with Crippen LogP contribution in [0.15, 0.2) is 59.7 Å². The monoisotopic (exact) mass is 363 g/mol. The van der Waals surface area contributed by atoms with E-state index in [-0.39, 0.29) is 17.5 Å². The number of nitrogens with zero attached hydrogens (tertiary/aromatic N) is 1. The molecule has 0 heterocycles. The minimum atomic E-state index is -0.366. The summed E-state index contributed by atoms with van der Waals surface area (Å²) in [4.78, 5) is 39.1. The molecule has 0 saturated heterocycles. The Bertz CT molecular complexity index is 941. The van der Waals surface area contributed by atoms with Crippen LogP contribution in [0.3, 0.4) is 0 Å². The van der Waals surface area contributed by atoms with Crippen LogP contribution >= 0.6 is 0 Å². The van der Waals surface area contributed by atoms with Crippen LogP contribution in [0.25, 0.3) is 0 Å². The Kier molecular flexibility index (Phi) is 5.21. The third-order valence-electron chi connectivity index (χ3n) is 4.70. The summed E-state index contributed by atoms with van der Waals surface area (Å²) >= 11 is 0. The fourth-order valence-electron chi connectivity index (χ4n) is 3.14. The Morgan fingerprint density at radius 3 is 2.15 bits per heavy atom. The largest absolute Gasteiger partial charge is 0.462 e. The Balaban J connectivity index is 1.82. The van der Waals surface area contributed by atoms with Crippen molar-refractivity contribution in [3.8, 4) is 0 Å². The standard InChI is InChI=1S/C22H21NO4/c1-4-27-22(26)15-9-11-16(12-10-15)23(3)13-19-14(2)20(24)17-7-5-6-8-18(17)21(19)25/h5-12H,4,13H2,1-3H3. The molecule has 27 heavy (non-hydrogen) atoms. The summed E-state index contributed by atoms with van der Waals surface area (Å²) in [5.41, 5.74) is 3.20. The molecule has 0 spiro atoms. The number of carbonyl (C=O) groups is 3. The van der Waals surface area contributed by atoms with Crippen molar-refractivity contribution in [3.63, 3.8) is 0 Å². The summed E-state index contributed by atoms with van der Waals surface area (Å²) in [6.45, 7) is 4.09. The van der Waals surface area contributed by atoms with Gasteiger partial charge in [-0.3, -0.25) is 9.59 Å². The number of benzene rings is 2. The number of ketones is 2. The molecule has 0 N–H and O–H groups in total. The summed E-state index contributed by atoms with van der Waals surface area (Å²) < 4.78 is 4.98. The van der Waals surface area contributed by atoms with E-state index in [1.807, 2.05) is 11.9 Å². The highest BCUT2D eigenvalue weighted by atomic mass is 16.5. The van der Waals surface area contributed by atoms with Crippen molar-refractivity contribution >= 4 is 23.2 Å². The minimum Gasteiger partial charge on any atom is -0.462 e. The molecule has 0 atom stereocenters. The molecule has 0 radical (unpaired) electrons. The van der Waals surface area contributed by atoms with Gasteiger partial charge in [-0.1, -0.05) is 24.3 Å². The predicted molar refractivity (Wildman–Crippen MR) is 103 cm³/mol. The van der Waals surface area contributed by atoms with Crippen molar-refractivity contribution in [2.45, 2.75) is 13.8 Å². The maximum atomic E-state index is 12.9. The van der Waals surface area contributed by atoms with E-state index >= 15 is 0 Å². The molecule has 5 heteroatoms. The molecule has 0 fully saturated rings. The van der Waals surface area contributed by atoms with Gasteiger partial charge in [0, 0.05) is 41.6 Å². The van der Waals surface area contributed by atoms with Crippen molar-refractivity contribution in [2.24, 2.45) is 0 Å². The Hall–Kier alpha value is -3.21. The summed E-state index contributed by atoms with van der Waals surface area (Å²) in [5.74, 6) is -0.584. The number of hydrogen-bond acceptors (Lipinski definition) is 5. The zero-order chi connectivity index (χ0) is 19.6. The van der Waals surface area contributed by atoms with Crippen LogP contribution in [0.5, 0.6) is 0 Å². The highest BCUT2D eigenvalue weighted by Gasteiger charge is 2.30. The maximum absolute atomic E-state index is 12.9. The number of fused-ring (bicyclic) bond motifs is 1. The molecule has 1 aliphatic rings. The van der Waals surface area contributed by atoms with Gasteiger partial charge in [0.05, 0.1) is 12.2 Å². The fraction of sp³-hybridized carbons (Fsp3) is 0.227. The van der Waals surface area contributed by atoms with Crippen molar-refractivity contribution in [2.75, 3.05) is 25.1 Å². The van der Waals surface area contributed by atoms with E-state index < -0.39 is 0 Å². The van der Waals surface area contributed by atoms with Gasteiger partial charge in [0.2, 0.25) is 0 Å². The number of anilines is 1. The van der Waals surface area contributed by atoms with Gasteiger partial charge in [0.15, 0.2) is 11.6 Å². The minimum absolute atomic E-state index is 0.105. The van der Waals surface area contributed by atoms with Crippen LogP contribution < -0.4 is 4.90 Å². The Morgan fingerprint density at radius 2 is 1.56 bits per heavy atom. The average Bonchev–Trinajstić information content (AvgIpc) is 2.69. The highest BCUT2D eigenvalue weighted by molar-refractivity contribution is 6.27. The highest BCUT2D eigenvalue weighted by Crippen LogP contribution is 2.27. The van der Waals surface area contributed by atoms with Crippen molar-refractivity contribution in [3.05, 3.63) is 76.4 Å². The zero-order valence-corrected chi connectivity index (χ0v) is 15.6.